The Bertz CT molecular complexity index is 782. The van der Waals surface area contributed by atoms with Crippen molar-refractivity contribution in [3.05, 3.63) is 52.7 Å². The summed E-state index contributed by atoms with van der Waals surface area (Å²) in [4.78, 5) is 19.1. The third-order valence-corrected chi connectivity index (χ3v) is 5.53. The molecule has 2 rings (SSSR count). The van der Waals surface area contributed by atoms with Crippen molar-refractivity contribution in [2.75, 3.05) is 0 Å². The van der Waals surface area contributed by atoms with E-state index < -0.39 is 0 Å². The topological polar surface area (TPSA) is 58.4 Å². The molecular weight excluding hydrogens is 350 g/mol. The lowest BCUT2D eigenvalue weighted by Gasteiger charge is -2.31. The summed E-state index contributed by atoms with van der Waals surface area (Å²) in [5.74, 6) is 0.891. The molecule has 28 heavy (non-hydrogen) atoms. The molecule has 0 radical (unpaired) electrons. The fraction of sp³-hybridized carbons (Fsp3) is 0.565. The van der Waals surface area contributed by atoms with Gasteiger partial charge in [-0.2, -0.15) is 0 Å². The predicted molar refractivity (Wildman–Crippen MR) is 113 cm³/mol. The second kappa shape index (κ2) is 9.87. The van der Waals surface area contributed by atoms with Crippen LogP contribution >= 0.6 is 0 Å². The summed E-state index contributed by atoms with van der Waals surface area (Å²) in [7, 11) is 0. The van der Waals surface area contributed by atoms with Crippen molar-refractivity contribution in [2.45, 2.75) is 80.1 Å². The monoisotopic (exact) mass is 385 g/mol. The molecule has 1 amide bonds. The second-order valence-corrected chi connectivity index (χ2v) is 8.23. The van der Waals surface area contributed by atoms with Crippen LogP contribution in [-0.2, 0) is 13.1 Å². The minimum Gasteiger partial charge on any atom is -0.447 e. The number of oxazole rings is 1. The van der Waals surface area contributed by atoms with E-state index in [4.69, 9.17) is 4.42 Å². The average Bonchev–Trinajstić information content (AvgIpc) is 3.12. The van der Waals surface area contributed by atoms with Crippen molar-refractivity contribution < 1.29 is 9.21 Å². The van der Waals surface area contributed by atoms with Crippen LogP contribution in [0.1, 0.15) is 74.1 Å². The number of benzene rings is 1. The molecule has 1 aromatic heterocycles. The fourth-order valence-electron chi connectivity index (χ4n) is 3.02. The van der Waals surface area contributed by atoms with Gasteiger partial charge < -0.3 is 9.73 Å². The minimum absolute atomic E-state index is 0.120. The van der Waals surface area contributed by atoms with Crippen molar-refractivity contribution in [3.63, 3.8) is 0 Å². The zero-order valence-electron chi connectivity index (χ0n) is 18.4. The molecule has 154 valence electrons. The lowest BCUT2D eigenvalue weighted by atomic mass is 10.0. The van der Waals surface area contributed by atoms with Gasteiger partial charge in [0.05, 0.1) is 6.54 Å². The predicted octanol–water partition coefficient (Wildman–Crippen LogP) is 4.87. The van der Waals surface area contributed by atoms with Gasteiger partial charge in [0, 0.05) is 18.6 Å². The number of carbonyl (C=O) groups is 1. The molecule has 2 atom stereocenters. The number of aromatic nitrogens is 1. The highest BCUT2D eigenvalue weighted by atomic mass is 16.3. The van der Waals surface area contributed by atoms with Gasteiger partial charge in [-0.3, -0.25) is 9.69 Å². The Morgan fingerprint density at radius 3 is 2.54 bits per heavy atom. The molecule has 0 aliphatic heterocycles. The van der Waals surface area contributed by atoms with E-state index in [9.17, 15) is 4.79 Å². The third-order valence-electron chi connectivity index (χ3n) is 5.53. The van der Waals surface area contributed by atoms with E-state index in [1.54, 1.807) is 0 Å². The molecule has 0 saturated carbocycles. The summed E-state index contributed by atoms with van der Waals surface area (Å²) in [6.45, 7) is 16.4. The van der Waals surface area contributed by atoms with E-state index in [2.05, 4.69) is 68.0 Å². The van der Waals surface area contributed by atoms with Gasteiger partial charge in [-0.25, -0.2) is 4.98 Å². The van der Waals surface area contributed by atoms with Crippen LogP contribution in [0.2, 0.25) is 0 Å². The van der Waals surface area contributed by atoms with Gasteiger partial charge in [-0.1, -0.05) is 44.5 Å². The maximum Gasteiger partial charge on any atom is 0.273 e. The van der Waals surface area contributed by atoms with Crippen LogP contribution in [0.3, 0.4) is 0 Å². The van der Waals surface area contributed by atoms with Gasteiger partial charge in [0.2, 0.25) is 5.89 Å². The van der Waals surface area contributed by atoms with Gasteiger partial charge in [0.15, 0.2) is 5.69 Å². The first-order valence-electron chi connectivity index (χ1n) is 10.3. The Balaban J connectivity index is 2.17. The number of hydrogen-bond donors (Lipinski definition) is 1. The molecule has 0 fully saturated rings. The van der Waals surface area contributed by atoms with Crippen LogP contribution < -0.4 is 5.32 Å². The molecule has 1 heterocycles. The summed E-state index contributed by atoms with van der Waals surface area (Å²) >= 11 is 0. The van der Waals surface area contributed by atoms with Crippen LogP contribution in [0.5, 0.6) is 0 Å². The summed E-state index contributed by atoms with van der Waals surface area (Å²) < 4.78 is 5.64. The van der Waals surface area contributed by atoms with Crippen molar-refractivity contribution >= 4 is 5.91 Å². The SMILES string of the molecule is CC[C@H](C)NC(=O)c1coc(CN(Cc2cc(C)ccc2C)[C@H](C)C(C)C)n1. The lowest BCUT2D eigenvalue weighted by Crippen LogP contribution is -2.36. The Morgan fingerprint density at radius 2 is 1.89 bits per heavy atom. The van der Waals surface area contributed by atoms with E-state index in [-0.39, 0.29) is 11.9 Å². The number of hydrogen-bond acceptors (Lipinski definition) is 4. The van der Waals surface area contributed by atoms with Crippen LogP contribution in [-0.4, -0.2) is 27.9 Å². The summed E-state index contributed by atoms with van der Waals surface area (Å²) in [6, 6.07) is 7.03. The molecule has 2 aromatic rings. The number of nitrogens with zero attached hydrogens (tertiary/aromatic N) is 2. The van der Waals surface area contributed by atoms with Gasteiger partial charge in [-0.15, -0.1) is 0 Å². The summed E-state index contributed by atoms with van der Waals surface area (Å²) in [5.41, 5.74) is 4.21. The molecule has 0 bridgehead atoms. The van der Waals surface area contributed by atoms with Gasteiger partial charge in [0.1, 0.15) is 6.26 Å². The minimum atomic E-state index is -0.178. The largest absolute Gasteiger partial charge is 0.447 e. The Morgan fingerprint density at radius 1 is 1.18 bits per heavy atom. The molecule has 0 saturated heterocycles. The highest BCUT2D eigenvalue weighted by Gasteiger charge is 2.22. The van der Waals surface area contributed by atoms with Crippen LogP contribution in [0.25, 0.3) is 0 Å². The average molecular weight is 386 g/mol. The van der Waals surface area contributed by atoms with Crippen LogP contribution in [0, 0.1) is 19.8 Å². The van der Waals surface area contributed by atoms with Crippen molar-refractivity contribution in [2.24, 2.45) is 5.92 Å². The standard InChI is InChI=1S/C23H35N3O2/c1-8-18(6)24-23(27)21-14-28-22(25-21)13-26(19(7)15(2)3)12-20-11-16(4)9-10-17(20)5/h9-11,14-15,18-19H,8,12-13H2,1-7H3,(H,24,27)/t18-,19+/m0/s1. The quantitative estimate of drug-likeness (QED) is 0.669. The Kier molecular flexibility index (Phi) is 7.81. The maximum atomic E-state index is 12.3. The first-order chi connectivity index (χ1) is 13.2. The normalized spacial score (nSPS) is 13.8. The molecule has 1 aromatic carbocycles. The molecule has 0 unspecified atom stereocenters. The molecular formula is C23H35N3O2. The zero-order valence-corrected chi connectivity index (χ0v) is 18.4. The van der Waals surface area contributed by atoms with Gasteiger partial charge in [0.25, 0.3) is 5.91 Å². The van der Waals surface area contributed by atoms with Gasteiger partial charge >= 0.3 is 0 Å². The van der Waals surface area contributed by atoms with Crippen LogP contribution in [0.15, 0.2) is 28.9 Å². The van der Waals surface area contributed by atoms with Gasteiger partial charge in [-0.05, 0) is 51.2 Å². The van der Waals surface area contributed by atoms with E-state index in [1.165, 1.54) is 23.0 Å². The molecule has 1 N–H and O–H groups in total. The van der Waals surface area contributed by atoms with E-state index in [0.717, 1.165) is 13.0 Å². The second-order valence-electron chi connectivity index (χ2n) is 8.23. The number of rotatable bonds is 9. The lowest BCUT2D eigenvalue weighted by molar-refractivity contribution is 0.0934. The highest BCUT2D eigenvalue weighted by molar-refractivity contribution is 5.92. The number of aryl methyl sites for hydroxylation is 2. The highest BCUT2D eigenvalue weighted by Crippen LogP contribution is 2.20. The molecule has 5 heteroatoms. The van der Waals surface area contributed by atoms with Crippen molar-refractivity contribution in [1.29, 1.82) is 0 Å². The van der Waals surface area contributed by atoms with Crippen LogP contribution in [0.4, 0.5) is 0 Å². The smallest absolute Gasteiger partial charge is 0.273 e. The molecule has 0 aliphatic rings. The summed E-state index contributed by atoms with van der Waals surface area (Å²) in [5, 5.41) is 2.93. The van der Waals surface area contributed by atoms with E-state index in [0.29, 0.717) is 30.1 Å². The molecule has 0 spiro atoms. The number of carbonyl (C=O) groups excluding carboxylic acids is 1. The third kappa shape index (κ3) is 5.93. The first kappa shape index (κ1) is 22.2. The molecule has 0 aliphatic carbocycles. The zero-order chi connectivity index (χ0) is 20.8. The summed E-state index contributed by atoms with van der Waals surface area (Å²) in [6.07, 6.45) is 2.34. The number of amides is 1. The fourth-order valence-corrected chi connectivity index (χ4v) is 3.02. The maximum absolute atomic E-state index is 12.3. The molecule has 5 nitrogen and oxygen atoms in total. The van der Waals surface area contributed by atoms with Crippen molar-refractivity contribution in [3.8, 4) is 0 Å². The van der Waals surface area contributed by atoms with Crippen molar-refractivity contribution in [1.82, 2.24) is 15.2 Å². The Labute approximate surface area is 169 Å². The number of nitrogens with one attached hydrogen (secondary N) is 1. The Hall–Kier alpha value is -2.14. The first-order valence-corrected chi connectivity index (χ1v) is 10.3. The van der Waals surface area contributed by atoms with E-state index >= 15 is 0 Å². The van der Waals surface area contributed by atoms with E-state index in [1.807, 2.05) is 13.8 Å².